The molecule has 0 aliphatic carbocycles. The van der Waals surface area contributed by atoms with Gasteiger partial charge < -0.3 is 10.2 Å². The van der Waals surface area contributed by atoms with E-state index in [-0.39, 0.29) is 18.4 Å². The van der Waals surface area contributed by atoms with Crippen LogP contribution in [0, 0.1) is 0 Å². The summed E-state index contributed by atoms with van der Waals surface area (Å²) >= 11 is 19.9. The highest BCUT2D eigenvalue weighted by Gasteiger charge is 2.26. The number of amides is 2. The van der Waals surface area contributed by atoms with Crippen LogP contribution in [0.2, 0.25) is 15.1 Å². The van der Waals surface area contributed by atoms with Crippen LogP contribution in [0.3, 0.4) is 0 Å². The molecule has 0 saturated carbocycles. The summed E-state index contributed by atoms with van der Waals surface area (Å²) in [4.78, 5) is 28.5. The molecule has 0 radical (unpaired) electrons. The van der Waals surface area contributed by atoms with Gasteiger partial charge in [-0.15, -0.1) is 11.8 Å². The molecular weight excluding hydrogens is 487 g/mol. The van der Waals surface area contributed by atoms with Crippen molar-refractivity contribution in [3.63, 3.8) is 0 Å². The predicted molar refractivity (Wildman–Crippen MR) is 136 cm³/mol. The summed E-state index contributed by atoms with van der Waals surface area (Å²) in [6.07, 6.45) is 2.93. The van der Waals surface area contributed by atoms with Crippen LogP contribution in [0.15, 0.2) is 47.4 Å². The number of nitrogens with one attached hydrogen (secondary N) is 1. The van der Waals surface area contributed by atoms with Gasteiger partial charge in [0.05, 0.1) is 0 Å². The quantitative estimate of drug-likeness (QED) is 0.248. The van der Waals surface area contributed by atoms with Gasteiger partial charge >= 0.3 is 0 Å². The molecule has 0 saturated heterocycles. The van der Waals surface area contributed by atoms with Crippen molar-refractivity contribution in [1.29, 1.82) is 0 Å². The highest BCUT2D eigenvalue weighted by molar-refractivity contribution is 7.99. The van der Waals surface area contributed by atoms with Crippen molar-refractivity contribution in [2.45, 2.75) is 57.0 Å². The Kier molecular flexibility index (Phi) is 11.7. The van der Waals surface area contributed by atoms with Crippen LogP contribution in [0.5, 0.6) is 0 Å². The van der Waals surface area contributed by atoms with Crippen molar-refractivity contribution in [2.24, 2.45) is 0 Å². The third-order valence-corrected chi connectivity index (χ3v) is 6.91. The number of rotatable bonds is 12. The van der Waals surface area contributed by atoms with Gasteiger partial charge in [0.15, 0.2) is 0 Å². The minimum absolute atomic E-state index is 0.0779. The number of carbonyl (C=O) groups excluding carboxylic acids is 2. The first-order valence-corrected chi connectivity index (χ1v) is 12.8. The lowest BCUT2D eigenvalue weighted by atomic mass is 10.1. The number of benzene rings is 2. The van der Waals surface area contributed by atoms with Crippen molar-refractivity contribution < 1.29 is 9.59 Å². The van der Waals surface area contributed by atoms with E-state index in [2.05, 4.69) is 12.2 Å². The fourth-order valence-electron chi connectivity index (χ4n) is 3.04. The Labute approximate surface area is 210 Å². The zero-order valence-electron chi connectivity index (χ0n) is 18.4. The first-order chi connectivity index (χ1) is 15.3. The summed E-state index contributed by atoms with van der Waals surface area (Å²) in [5, 5.41) is 4.63. The molecule has 2 rings (SSSR count). The lowest BCUT2D eigenvalue weighted by Gasteiger charge is -2.29. The molecular formula is C24H29Cl3N2O2S. The lowest BCUT2D eigenvalue weighted by molar-refractivity contribution is -0.140. The molecule has 0 bridgehead atoms. The summed E-state index contributed by atoms with van der Waals surface area (Å²) < 4.78 is 0. The minimum Gasteiger partial charge on any atom is -0.354 e. The van der Waals surface area contributed by atoms with Gasteiger partial charge in [-0.2, -0.15) is 0 Å². The molecule has 4 nitrogen and oxygen atoms in total. The maximum atomic E-state index is 13.1. The number of hydrogen-bond acceptors (Lipinski definition) is 3. The summed E-state index contributed by atoms with van der Waals surface area (Å²) in [5.41, 5.74) is 0.758. The molecule has 8 heteroatoms. The smallest absolute Gasteiger partial charge is 0.242 e. The zero-order valence-corrected chi connectivity index (χ0v) is 21.5. The maximum absolute atomic E-state index is 13.1. The number of hydrogen-bond donors (Lipinski definition) is 1. The normalized spacial score (nSPS) is 11.8. The number of halogens is 3. The van der Waals surface area contributed by atoms with Gasteiger partial charge in [0.2, 0.25) is 11.8 Å². The minimum atomic E-state index is -0.602. The van der Waals surface area contributed by atoms with E-state index < -0.39 is 6.04 Å². The van der Waals surface area contributed by atoms with Gasteiger partial charge in [-0.25, -0.2) is 0 Å². The Bertz CT molecular complexity index is 893. The molecule has 2 amide bonds. The summed E-state index contributed by atoms with van der Waals surface area (Å²) in [6.45, 7) is 4.67. The number of thioether (sulfide) groups is 1. The molecule has 2 aromatic carbocycles. The Hall–Kier alpha value is -1.40. The van der Waals surface area contributed by atoms with Gasteiger partial charge in [0.1, 0.15) is 6.04 Å². The van der Waals surface area contributed by atoms with Crippen LogP contribution in [0.1, 0.15) is 45.1 Å². The van der Waals surface area contributed by atoms with E-state index in [0.29, 0.717) is 34.5 Å². The fourth-order valence-corrected chi connectivity index (χ4v) is 4.49. The first kappa shape index (κ1) is 26.8. The van der Waals surface area contributed by atoms with E-state index >= 15 is 0 Å². The summed E-state index contributed by atoms with van der Waals surface area (Å²) in [5.74, 6) is 0.554. The molecule has 1 atom stereocenters. The van der Waals surface area contributed by atoms with Gasteiger partial charge in [-0.1, -0.05) is 54.2 Å². The Morgan fingerprint density at radius 3 is 2.38 bits per heavy atom. The molecule has 32 heavy (non-hydrogen) atoms. The van der Waals surface area contributed by atoms with Gasteiger partial charge in [0, 0.05) is 39.5 Å². The largest absolute Gasteiger partial charge is 0.354 e. The van der Waals surface area contributed by atoms with Crippen LogP contribution in [-0.2, 0) is 16.1 Å². The van der Waals surface area contributed by atoms with E-state index in [1.807, 2.05) is 24.3 Å². The van der Waals surface area contributed by atoms with E-state index in [1.54, 1.807) is 41.8 Å². The van der Waals surface area contributed by atoms with E-state index in [1.165, 1.54) is 0 Å². The third-order valence-electron chi connectivity index (χ3n) is 4.97. The van der Waals surface area contributed by atoms with Crippen molar-refractivity contribution in [3.8, 4) is 0 Å². The second-order valence-electron chi connectivity index (χ2n) is 7.48. The van der Waals surface area contributed by atoms with Gasteiger partial charge in [-0.3, -0.25) is 9.59 Å². The zero-order chi connectivity index (χ0) is 23.5. The fraction of sp³-hybridized carbons (Fsp3) is 0.417. The third kappa shape index (κ3) is 8.86. The van der Waals surface area contributed by atoms with Crippen molar-refractivity contribution in [3.05, 3.63) is 63.1 Å². The van der Waals surface area contributed by atoms with E-state index in [9.17, 15) is 9.59 Å². The molecule has 0 fully saturated rings. The van der Waals surface area contributed by atoms with Crippen molar-refractivity contribution in [2.75, 3.05) is 12.3 Å². The molecule has 2 aromatic rings. The number of carbonyl (C=O) groups is 2. The van der Waals surface area contributed by atoms with Crippen molar-refractivity contribution >= 4 is 58.4 Å². The standard InChI is InChI=1S/C24H29Cl3N2O2S/c1-3-4-13-28-24(31)17(2)29(16-18-7-8-20(26)15-22(18)27)23(30)6-5-14-32-21-11-9-19(25)10-12-21/h7-12,15,17H,3-6,13-14,16H2,1-2H3,(H,28,31). The molecule has 1 N–H and O–H groups in total. The SMILES string of the molecule is CCCCNC(=O)C(C)N(Cc1ccc(Cl)cc1Cl)C(=O)CCCSc1ccc(Cl)cc1. The molecule has 174 valence electrons. The maximum Gasteiger partial charge on any atom is 0.242 e. The Morgan fingerprint density at radius 2 is 1.72 bits per heavy atom. The van der Waals surface area contributed by atoms with Gasteiger partial charge in [0.25, 0.3) is 0 Å². The molecule has 0 aromatic heterocycles. The summed E-state index contributed by atoms with van der Waals surface area (Å²) in [7, 11) is 0. The molecule has 0 spiro atoms. The van der Waals surface area contributed by atoms with Crippen LogP contribution in [0.4, 0.5) is 0 Å². The average Bonchev–Trinajstić information content (AvgIpc) is 2.77. The predicted octanol–water partition coefficient (Wildman–Crippen LogP) is 6.85. The topological polar surface area (TPSA) is 49.4 Å². The lowest BCUT2D eigenvalue weighted by Crippen LogP contribution is -2.47. The van der Waals surface area contributed by atoms with Crippen LogP contribution in [-0.4, -0.2) is 35.1 Å². The number of unbranched alkanes of at least 4 members (excludes halogenated alkanes) is 1. The second kappa shape index (κ2) is 14.0. The van der Waals surface area contributed by atoms with E-state index in [4.69, 9.17) is 34.8 Å². The van der Waals surface area contributed by atoms with Crippen molar-refractivity contribution in [1.82, 2.24) is 10.2 Å². The highest BCUT2D eigenvalue weighted by atomic mass is 35.5. The average molecular weight is 516 g/mol. The van der Waals surface area contributed by atoms with Crippen LogP contribution >= 0.6 is 46.6 Å². The molecule has 0 aliphatic rings. The Morgan fingerprint density at radius 1 is 1.03 bits per heavy atom. The molecule has 0 heterocycles. The first-order valence-electron chi connectivity index (χ1n) is 10.7. The molecule has 1 unspecified atom stereocenters. The van der Waals surface area contributed by atoms with Gasteiger partial charge in [-0.05, 0) is 67.5 Å². The Balaban J connectivity index is 2.01. The number of nitrogens with zero attached hydrogens (tertiary/aromatic N) is 1. The summed E-state index contributed by atoms with van der Waals surface area (Å²) in [6, 6.07) is 12.2. The molecule has 0 aliphatic heterocycles. The monoisotopic (exact) mass is 514 g/mol. The highest BCUT2D eigenvalue weighted by Crippen LogP contribution is 2.25. The van der Waals surface area contributed by atoms with Crippen LogP contribution in [0.25, 0.3) is 0 Å². The van der Waals surface area contributed by atoms with E-state index in [0.717, 1.165) is 29.1 Å². The van der Waals surface area contributed by atoms with Crippen LogP contribution < -0.4 is 5.32 Å². The second-order valence-corrected chi connectivity index (χ2v) is 9.93.